The molecule has 0 aliphatic carbocycles. The number of nitrogens with one attached hydrogen (secondary N) is 1. The first-order chi connectivity index (χ1) is 14.0. The molecule has 0 spiro atoms. The molecule has 1 unspecified atom stereocenters. The van der Waals surface area contributed by atoms with Crippen LogP contribution in [0.3, 0.4) is 0 Å². The minimum Gasteiger partial charge on any atom is -0.322 e. The highest BCUT2D eigenvalue weighted by molar-refractivity contribution is 7.09. The van der Waals surface area contributed by atoms with Gasteiger partial charge in [0.2, 0.25) is 11.8 Å². The number of thiazole rings is 1. The smallest absolute Gasteiger partial charge is 0.255 e. The maximum Gasteiger partial charge on any atom is 0.255 e. The van der Waals surface area contributed by atoms with E-state index in [2.05, 4.69) is 20.6 Å². The van der Waals surface area contributed by atoms with E-state index >= 15 is 0 Å². The molecule has 0 bridgehead atoms. The minimum atomic E-state index is -0.648. The summed E-state index contributed by atoms with van der Waals surface area (Å²) in [5, 5.41) is 13.6. The molecule has 146 valence electrons. The lowest BCUT2D eigenvalue weighted by atomic mass is 10.0. The second kappa shape index (κ2) is 6.59. The van der Waals surface area contributed by atoms with Gasteiger partial charge in [-0.15, -0.1) is 16.4 Å². The predicted molar refractivity (Wildman–Crippen MR) is 103 cm³/mol. The number of imide groups is 1. The molecule has 0 radical (unpaired) electrons. The third-order valence-electron chi connectivity index (χ3n) is 5.18. The van der Waals surface area contributed by atoms with Gasteiger partial charge >= 0.3 is 0 Å². The van der Waals surface area contributed by atoms with Gasteiger partial charge in [-0.1, -0.05) is 11.3 Å². The lowest BCUT2D eigenvalue weighted by molar-refractivity contribution is -0.136. The van der Waals surface area contributed by atoms with E-state index in [9.17, 15) is 14.4 Å². The van der Waals surface area contributed by atoms with E-state index in [0.29, 0.717) is 17.7 Å². The van der Waals surface area contributed by atoms with Crippen LogP contribution in [0.2, 0.25) is 0 Å². The molecule has 0 saturated carbocycles. The highest BCUT2D eigenvalue weighted by Gasteiger charge is 2.40. The average molecular weight is 408 g/mol. The Kier molecular flexibility index (Phi) is 4.02. The lowest BCUT2D eigenvalue weighted by Gasteiger charge is -2.29. The van der Waals surface area contributed by atoms with Crippen molar-refractivity contribution >= 4 is 29.1 Å². The summed E-state index contributed by atoms with van der Waals surface area (Å²) in [7, 11) is 0. The molecule has 2 aromatic heterocycles. The molecule has 5 rings (SSSR count). The Balaban J connectivity index is 1.48. The number of hydrogen-bond donors (Lipinski definition) is 1. The number of hydrogen-bond acceptors (Lipinski definition) is 7. The van der Waals surface area contributed by atoms with Crippen LogP contribution >= 0.6 is 11.3 Å². The molecular weight excluding hydrogens is 392 g/mol. The molecule has 3 amide bonds. The number of amides is 3. The van der Waals surface area contributed by atoms with Crippen LogP contribution in [-0.4, -0.2) is 48.6 Å². The van der Waals surface area contributed by atoms with Gasteiger partial charge in [0.1, 0.15) is 17.4 Å². The zero-order valence-electron chi connectivity index (χ0n) is 15.5. The van der Waals surface area contributed by atoms with Crippen LogP contribution in [0.1, 0.15) is 33.8 Å². The van der Waals surface area contributed by atoms with Gasteiger partial charge in [-0.3, -0.25) is 19.7 Å². The summed E-state index contributed by atoms with van der Waals surface area (Å²) >= 11 is 1.54. The van der Waals surface area contributed by atoms with Crippen LogP contribution in [0, 0.1) is 6.92 Å². The molecule has 4 heterocycles. The number of piperidine rings is 1. The first-order valence-electron chi connectivity index (χ1n) is 9.13. The molecule has 2 aliphatic heterocycles. The van der Waals surface area contributed by atoms with E-state index in [1.54, 1.807) is 23.0 Å². The van der Waals surface area contributed by atoms with Gasteiger partial charge in [0, 0.05) is 29.5 Å². The van der Waals surface area contributed by atoms with E-state index < -0.39 is 11.9 Å². The fourth-order valence-electron chi connectivity index (χ4n) is 3.76. The van der Waals surface area contributed by atoms with Crippen LogP contribution in [-0.2, 0) is 16.1 Å². The summed E-state index contributed by atoms with van der Waals surface area (Å²) in [6, 6.07) is 4.75. The minimum absolute atomic E-state index is 0.216. The van der Waals surface area contributed by atoms with Crippen molar-refractivity contribution in [3.63, 3.8) is 0 Å². The van der Waals surface area contributed by atoms with Gasteiger partial charge in [0.15, 0.2) is 0 Å². The molecule has 10 heteroatoms. The van der Waals surface area contributed by atoms with Crippen molar-refractivity contribution in [3.05, 3.63) is 45.9 Å². The average Bonchev–Trinajstić information content (AvgIpc) is 3.41. The SMILES string of the molecule is Cc1nc(-c2cn(-c3cccc4c3CN(C3CCC(=O)NC3=O)C4=O)nn2)cs1. The summed E-state index contributed by atoms with van der Waals surface area (Å²) in [6.45, 7) is 2.21. The Morgan fingerprint density at radius 3 is 2.83 bits per heavy atom. The molecule has 1 aromatic carbocycles. The number of aryl methyl sites for hydroxylation is 1. The highest BCUT2D eigenvalue weighted by atomic mass is 32.1. The molecule has 9 nitrogen and oxygen atoms in total. The van der Waals surface area contributed by atoms with Crippen molar-refractivity contribution in [1.82, 2.24) is 30.2 Å². The molecule has 1 fully saturated rings. The summed E-state index contributed by atoms with van der Waals surface area (Å²) in [6.07, 6.45) is 2.34. The van der Waals surface area contributed by atoms with Crippen molar-refractivity contribution in [2.24, 2.45) is 0 Å². The largest absolute Gasteiger partial charge is 0.322 e. The number of aromatic nitrogens is 4. The van der Waals surface area contributed by atoms with Gasteiger partial charge in [-0.2, -0.15) is 0 Å². The van der Waals surface area contributed by atoms with Crippen LogP contribution in [0.15, 0.2) is 29.8 Å². The Morgan fingerprint density at radius 1 is 1.21 bits per heavy atom. The van der Waals surface area contributed by atoms with Crippen molar-refractivity contribution < 1.29 is 14.4 Å². The highest BCUT2D eigenvalue weighted by Crippen LogP contribution is 2.31. The van der Waals surface area contributed by atoms with Gasteiger partial charge in [0.05, 0.1) is 16.9 Å². The van der Waals surface area contributed by atoms with Gasteiger partial charge in [-0.25, -0.2) is 9.67 Å². The summed E-state index contributed by atoms with van der Waals surface area (Å²) < 4.78 is 1.63. The Bertz CT molecular complexity index is 1170. The normalized spacial score (nSPS) is 18.9. The third-order valence-corrected chi connectivity index (χ3v) is 5.95. The number of carbonyl (C=O) groups excluding carboxylic acids is 3. The topological polar surface area (TPSA) is 110 Å². The summed E-state index contributed by atoms with van der Waals surface area (Å²) in [5.41, 5.74) is 3.46. The van der Waals surface area contributed by atoms with Gasteiger partial charge in [0.25, 0.3) is 5.91 Å². The third kappa shape index (κ3) is 2.92. The predicted octanol–water partition coefficient (Wildman–Crippen LogP) is 1.46. The Labute approximate surface area is 169 Å². The van der Waals surface area contributed by atoms with E-state index in [4.69, 9.17) is 0 Å². The van der Waals surface area contributed by atoms with Crippen molar-refractivity contribution in [3.8, 4) is 17.1 Å². The summed E-state index contributed by atoms with van der Waals surface area (Å²) in [4.78, 5) is 42.6. The molecule has 1 saturated heterocycles. The number of fused-ring (bicyclic) bond motifs is 1. The van der Waals surface area contributed by atoms with Crippen molar-refractivity contribution in [1.29, 1.82) is 0 Å². The number of nitrogens with zero attached hydrogens (tertiary/aromatic N) is 5. The van der Waals surface area contributed by atoms with Gasteiger partial charge in [-0.05, 0) is 25.5 Å². The quantitative estimate of drug-likeness (QED) is 0.657. The standard InChI is InChI=1S/C19H16N6O3S/c1-10-20-14(9-29-10)13-8-25(23-22-13)15-4-2-3-11-12(15)7-24(19(11)28)16-5-6-17(26)21-18(16)27/h2-4,8-9,16H,5-7H2,1H3,(H,21,26,27). The van der Waals surface area contributed by atoms with E-state index in [1.165, 1.54) is 16.2 Å². The zero-order valence-corrected chi connectivity index (χ0v) is 16.3. The fourth-order valence-corrected chi connectivity index (χ4v) is 4.37. The number of carbonyl (C=O) groups is 3. The maximum absolute atomic E-state index is 12.9. The lowest BCUT2D eigenvalue weighted by Crippen LogP contribution is -2.52. The van der Waals surface area contributed by atoms with Gasteiger partial charge < -0.3 is 4.90 Å². The zero-order chi connectivity index (χ0) is 20.1. The van der Waals surface area contributed by atoms with Crippen LogP contribution in [0.4, 0.5) is 0 Å². The molecular formula is C19H16N6O3S. The number of benzene rings is 1. The molecule has 29 heavy (non-hydrogen) atoms. The van der Waals surface area contributed by atoms with Crippen molar-refractivity contribution in [2.45, 2.75) is 32.4 Å². The Morgan fingerprint density at radius 2 is 2.07 bits per heavy atom. The molecule has 3 aromatic rings. The van der Waals surface area contributed by atoms with Crippen LogP contribution in [0.25, 0.3) is 17.1 Å². The van der Waals surface area contributed by atoms with E-state index in [0.717, 1.165) is 22.0 Å². The van der Waals surface area contributed by atoms with Crippen LogP contribution < -0.4 is 5.32 Å². The second-order valence-corrected chi connectivity index (χ2v) is 8.07. The first-order valence-corrected chi connectivity index (χ1v) is 10.0. The van der Waals surface area contributed by atoms with Crippen LogP contribution in [0.5, 0.6) is 0 Å². The maximum atomic E-state index is 12.9. The van der Waals surface area contributed by atoms with Crippen molar-refractivity contribution in [2.75, 3.05) is 0 Å². The molecule has 1 atom stereocenters. The Hall–Kier alpha value is -3.40. The number of rotatable bonds is 3. The second-order valence-electron chi connectivity index (χ2n) is 7.00. The van der Waals surface area contributed by atoms with E-state index in [-0.39, 0.29) is 24.8 Å². The monoisotopic (exact) mass is 408 g/mol. The fraction of sp³-hybridized carbons (Fsp3) is 0.263. The molecule has 1 N–H and O–H groups in total. The van der Waals surface area contributed by atoms with E-state index in [1.807, 2.05) is 18.4 Å². The molecule has 2 aliphatic rings. The summed E-state index contributed by atoms with van der Waals surface area (Å²) in [5.74, 6) is -0.943. The first kappa shape index (κ1) is 17.7.